The molecule has 2 aromatic rings. The fraction of sp³-hybridized carbons (Fsp3) is 0. The number of hydrogen-bond acceptors (Lipinski definition) is 2. The van der Waals surface area contributed by atoms with Crippen molar-refractivity contribution in [3.05, 3.63) is 65.7 Å². The van der Waals surface area contributed by atoms with Crippen LogP contribution in [-0.2, 0) is 0 Å². The average molecular weight is 291 g/mol. The van der Waals surface area contributed by atoms with Crippen LogP contribution in [0.2, 0.25) is 0 Å². The first-order chi connectivity index (χ1) is 9.66. The molecule has 2 aromatic carbocycles. The van der Waals surface area contributed by atoms with Crippen molar-refractivity contribution < 1.29 is 8.78 Å². The van der Waals surface area contributed by atoms with Gasteiger partial charge in [-0.25, -0.2) is 8.78 Å². The molecular formula is C14H11F2N3S. The van der Waals surface area contributed by atoms with Crippen LogP contribution in [0.4, 0.5) is 14.5 Å². The first kappa shape index (κ1) is 14.1. The maximum Gasteiger partial charge on any atom is 0.191 e. The van der Waals surface area contributed by atoms with Gasteiger partial charge in [-0.3, -0.25) is 5.43 Å². The van der Waals surface area contributed by atoms with Crippen molar-refractivity contribution in [2.45, 2.75) is 0 Å². The molecule has 0 amide bonds. The van der Waals surface area contributed by atoms with Gasteiger partial charge in [-0.2, -0.15) is 5.10 Å². The predicted octanol–water partition coefficient (Wildman–Crippen LogP) is 3.29. The summed E-state index contributed by atoms with van der Waals surface area (Å²) in [5.74, 6) is -1.86. The Balaban J connectivity index is 1.93. The summed E-state index contributed by atoms with van der Waals surface area (Å²) in [5.41, 5.74) is 3.37. The molecule has 0 unspecified atom stereocenters. The van der Waals surface area contributed by atoms with E-state index in [0.29, 0.717) is 0 Å². The zero-order chi connectivity index (χ0) is 14.4. The van der Waals surface area contributed by atoms with Crippen LogP contribution in [0.5, 0.6) is 0 Å². The zero-order valence-corrected chi connectivity index (χ0v) is 11.1. The van der Waals surface area contributed by atoms with Gasteiger partial charge < -0.3 is 5.32 Å². The van der Waals surface area contributed by atoms with E-state index in [0.717, 1.165) is 18.0 Å². The fourth-order valence-electron chi connectivity index (χ4n) is 1.46. The van der Waals surface area contributed by atoms with Crippen LogP contribution in [-0.4, -0.2) is 11.3 Å². The number of thiocarbonyl (C=S) groups is 1. The summed E-state index contributed by atoms with van der Waals surface area (Å²) in [6, 6.07) is 13.1. The number of hydrazone groups is 1. The lowest BCUT2D eigenvalue weighted by Crippen LogP contribution is -2.23. The Morgan fingerprint density at radius 1 is 1.05 bits per heavy atom. The second kappa shape index (κ2) is 6.72. The molecule has 0 aliphatic rings. The average Bonchev–Trinajstić information content (AvgIpc) is 2.44. The normalized spacial score (nSPS) is 10.5. The summed E-state index contributed by atoms with van der Waals surface area (Å²) in [6.45, 7) is 0. The van der Waals surface area contributed by atoms with Crippen molar-refractivity contribution in [2.75, 3.05) is 5.32 Å². The SMILES string of the molecule is Fc1cccc(/C=N/NC(=S)Nc2ccccc2)c1F. The summed E-state index contributed by atoms with van der Waals surface area (Å²) in [6.07, 6.45) is 1.16. The quantitative estimate of drug-likeness (QED) is 0.517. The van der Waals surface area contributed by atoms with Crippen molar-refractivity contribution in [1.82, 2.24) is 5.43 Å². The first-order valence-corrected chi connectivity index (χ1v) is 6.17. The Morgan fingerprint density at radius 2 is 1.80 bits per heavy atom. The molecule has 0 atom stereocenters. The molecule has 2 N–H and O–H groups in total. The van der Waals surface area contributed by atoms with Crippen molar-refractivity contribution in [3.8, 4) is 0 Å². The van der Waals surface area contributed by atoms with Crippen molar-refractivity contribution in [1.29, 1.82) is 0 Å². The lowest BCUT2D eigenvalue weighted by Gasteiger charge is -2.06. The Hall–Kier alpha value is -2.34. The monoisotopic (exact) mass is 291 g/mol. The lowest BCUT2D eigenvalue weighted by molar-refractivity contribution is 0.507. The van der Waals surface area contributed by atoms with Gasteiger partial charge in [-0.05, 0) is 30.4 Å². The van der Waals surface area contributed by atoms with E-state index in [1.54, 1.807) is 0 Å². The zero-order valence-electron chi connectivity index (χ0n) is 10.3. The van der Waals surface area contributed by atoms with Gasteiger partial charge in [-0.15, -0.1) is 0 Å². The Kier molecular flexibility index (Phi) is 4.73. The van der Waals surface area contributed by atoms with Crippen LogP contribution in [0.15, 0.2) is 53.6 Å². The van der Waals surface area contributed by atoms with Gasteiger partial charge in [0.05, 0.1) is 6.21 Å². The lowest BCUT2D eigenvalue weighted by atomic mass is 10.2. The van der Waals surface area contributed by atoms with Crippen LogP contribution in [0.25, 0.3) is 0 Å². The van der Waals surface area contributed by atoms with Crippen molar-refractivity contribution >= 4 is 29.2 Å². The van der Waals surface area contributed by atoms with E-state index in [9.17, 15) is 8.78 Å². The molecule has 0 fully saturated rings. The number of nitrogens with one attached hydrogen (secondary N) is 2. The highest BCUT2D eigenvalue weighted by atomic mass is 32.1. The maximum atomic E-state index is 13.3. The molecule has 0 saturated heterocycles. The number of nitrogens with zero attached hydrogens (tertiary/aromatic N) is 1. The fourth-order valence-corrected chi connectivity index (χ4v) is 1.63. The van der Waals surface area contributed by atoms with E-state index in [1.165, 1.54) is 12.1 Å². The minimum absolute atomic E-state index is 0.0417. The molecule has 0 spiro atoms. The largest absolute Gasteiger partial charge is 0.331 e. The van der Waals surface area contributed by atoms with Gasteiger partial charge in [-0.1, -0.05) is 30.3 Å². The molecule has 0 aliphatic heterocycles. The Bertz CT molecular complexity index is 630. The molecule has 0 radical (unpaired) electrons. The topological polar surface area (TPSA) is 36.4 Å². The molecule has 3 nitrogen and oxygen atoms in total. The summed E-state index contributed by atoms with van der Waals surface area (Å²) in [7, 11) is 0. The van der Waals surface area contributed by atoms with Gasteiger partial charge >= 0.3 is 0 Å². The number of benzene rings is 2. The molecule has 20 heavy (non-hydrogen) atoms. The van der Waals surface area contributed by atoms with E-state index >= 15 is 0 Å². The van der Waals surface area contributed by atoms with E-state index in [-0.39, 0.29) is 10.7 Å². The minimum Gasteiger partial charge on any atom is -0.331 e. The summed E-state index contributed by atoms with van der Waals surface area (Å²) < 4.78 is 26.3. The van der Waals surface area contributed by atoms with E-state index in [1.807, 2.05) is 30.3 Å². The van der Waals surface area contributed by atoms with E-state index in [4.69, 9.17) is 12.2 Å². The molecule has 0 aromatic heterocycles. The molecule has 0 saturated carbocycles. The Morgan fingerprint density at radius 3 is 2.55 bits per heavy atom. The molecule has 102 valence electrons. The van der Waals surface area contributed by atoms with Crippen LogP contribution >= 0.6 is 12.2 Å². The van der Waals surface area contributed by atoms with Crippen LogP contribution < -0.4 is 10.7 Å². The number of halogens is 2. The third kappa shape index (κ3) is 3.83. The van der Waals surface area contributed by atoms with Crippen LogP contribution in [0, 0.1) is 11.6 Å². The van der Waals surface area contributed by atoms with Crippen LogP contribution in [0.3, 0.4) is 0 Å². The number of anilines is 1. The van der Waals surface area contributed by atoms with Gasteiger partial charge in [0.25, 0.3) is 0 Å². The second-order valence-electron chi connectivity index (χ2n) is 3.83. The van der Waals surface area contributed by atoms with Gasteiger partial charge in [0.15, 0.2) is 16.7 Å². The minimum atomic E-state index is -0.944. The van der Waals surface area contributed by atoms with Crippen LogP contribution in [0.1, 0.15) is 5.56 Å². The van der Waals surface area contributed by atoms with Gasteiger partial charge in [0.1, 0.15) is 0 Å². The standard InChI is InChI=1S/C14H11F2N3S/c15-12-8-4-5-10(13(12)16)9-17-19-14(20)18-11-6-2-1-3-7-11/h1-9H,(H2,18,19,20)/b17-9+. The molecular weight excluding hydrogens is 280 g/mol. The summed E-state index contributed by atoms with van der Waals surface area (Å²) in [5, 5.41) is 6.90. The highest BCUT2D eigenvalue weighted by molar-refractivity contribution is 7.80. The molecule has 2 rings (SSSR count). The number of hydrogen-bond donors (Lipinski definition) is 2. The number of rotatable bonds is 3. The Labute approximate surface area is 120 Å². The van der Waals surface area contributed by atoms with E-state index in [2.05, 4.69) is 15.8 Å². The van der Waals surface area contributed by atoms with Gasteiger partial charge in [0, 0.05) is 11.3 Å². The predicted molar refractivity (Wildman–Crippen MR) is 79.8 cm³/mol. The van der Waals surface area contributed by atoms with Gasteiger partial charge in [0.2, 0.25) is 0 Å². The third-order valence-corrected chi connectivity index (χ3v) is 2.58. The third-order valence-electron chi connectivity index (χ3n) is 2.38. The summed E-state index contributed by atoms with van der Waals surface area (Å²) in [4.78, 5) is 0. The molecule has 0 bridgehead atoms. The van der Waals surface area contributed by atoms with Crippen molar-refractivity contribution in [3.63, 3.8) is 0 Å². The summed E-state index contributed by atoms with van der Waals surface area (Å²) >= 11 is 5.01. The van der Waals surface area contributed by atoms with E-state index < -0.39 is 11.6 Å². The molecule has 0 aliphatic carbocycles. The van der Waals surface area contributed by atoms with Crippen molar-refractivity contribution in [2.24, 2.45) is 5.10 Å². The highest BCUT2D eigenvalue weighted by Crippen LogP contribution is 2.09. The molecule has 6 heteroatoms. The molecule has 0 heterocycles. The smallest absolute Gasteiger partial charge is 0.191 e. The maximum absolute atomic E-state index is 13.3. The highest BCUT2D eigenvalue weighted by Gasteiger charge is 2.04. The second-order valence-corrected chi connectivity index (χ2v) is 4.24. The number of para-hydroxylation sites is 1. The first-order valence-electron chi connectivity index (χ1n) is 5.76.